The van der Waals surface area contributed by atoms with E-state index in [1.54, 1.807) is 33.8 Å². The van der Waals surface area contributed by atoms with Gasteiger partial charge < -0.3 is 25.0 Å². The molecule has 0 radical (unpaired) electrons. The lowest BCUT2D eigenvalue weighted by atomic mass is 9.88. The molecule has 2 aliphatic carbocycles. The molecule has 14 heteroatoms. The van der Waals surface area contributed by atoms with E-state index in [1.807, 2.05) is 0 Å². The van der Waals surface area contributed by atoms with Gasteiger partial charge in [-0.3, -0.25) is 14.5 Å². The number of alkyl halides is 2. The number of nitrogens with one attached hydrogen (secondary N) is 2. The van der Waals surface area contributed by atoms with Crippen LogP contribution >= 0.6 is 0 Å². The number of anilines is 3. The Morgan fingerprint density at radius 1 is 1.24 bits per heavy atom. The van der Waals surface area contributed by atoms with Crippen molar-refractivity contribution in [2.75, 3.05) is 17.3 Å². The lowest BCUT2D eigenvalue weighted by Gasteiger charge is -2.36. The Hall–Kier alpha value is -4.07. The van der Waals surface area contributed by atoms with Gasteiger partial charge in [0.1, 0.15) is 28.5 Å². The van der Waals surface area contributed by atoms with Crippen molar-refractivity contribution in [3.63, 3.8) is 0 Å². The second-order valence-electron chi connectivity index (χ2n) is 12.4. The van der Waals surface area contributed by atoms with Gasteiger partial charge in [-0.25, -0.2) is 18.6 Å². The maximum absolute atomic E-state index is 13.5. The molecule has 42 heavy (non-hydrogen) atoms. The van der Waals surface area contributed by atoms with Crippen LogP contribution in [0.1, 0.15) is 76.2 Å². The van der Waals surface area contributed by atoms with E-state index in [2.05, 4.69) is 20.7 Å². The van der Waals surface area contributed by atoms with Crippen LogP contribution in [0.15, 0.2) is 35.4 Å². The van der Waals surface area contributed by atoms with Crippen LogP contribution in [0.5, 0.6) is 0 Å². The number of halogens is 2. The van der Waals surface area contributed by atoms with Gasteiger partial charge in [-0.05, 0) is 59.1 Å². The molecule has 0 aliphatic heterocycles. The van der Waals surface area contributed by atoms with Gasteiger partial charge in [-0.2, -0.15) is 9.61 Å². The summed E-state index contributed by atoms with van der Waals surface area (Å²) < 4.78 is 35.1. The number of nitrogens with zero attached hydrogens (tertiary/aromatic N) is 5. The molecule has 2 aliphatic rings. The summed E-state index contributed by atoms with van der Waals surface area (Å²) in [5.74, 6) is -2.96. The maximum atomic E-state index is 13.5. The van der Waals surface area contributed by atoms with Gasteiger partial charge in [-0.15, -0.1) is 0 Å². The van der Waals surface area contributed by atoms with Gasteiger partial charge in [0.25, 0.3) is 17.4 Å². The molecule has 0 saturated heterocycles. The van der Waals surface area contributed by atoms with E-state index in [1.165, 1.54) is 45.6 Å². The summed E-state index contributed by atoms with van der Waals surface area (Å²) in [7, 11) is 1.47. The molecule has 3 heterocycles. The number of pyridine rings is 1. The minimum absolute atomic E-state index is 0.0779. The molecule has 226 valence electrons. The Kier molecular flexibility index (Phi) is 7.24. The van der Waals surface area contributed by atoms with Crippen LogP contribution in [0.2, 0.25) is 0 Å². The first kappa shape index (κ1) is 29.4. The van der Waals surface area contributed by atoms with E-state index in [9.17, 15) is 28.3 Å². The number of amides is 2. The Bertz CT molecular complexity index is 1590. The van der Waals surface area contributed by atoms with Crippen LogP contribution in [0, 0.1) is 0 Å². The summed E-state index contributed by atoms with van der Waals surface area (Å²) >= 11 is 0. The molecule has 1 unspecified atom stereocenters. The van der Waals surface area contributed by atoms with Crippen LogP contribution in [0.4, 0.5) is 30.9 Å². The molecule has 3 aromatic rings. The van der Waals surface area contributed by atoms with E-state index in [4.69, 9.17) is 4.74 Å². The number of hydrogen-bond acceptors (Lipinski definition) is 8. The predicted octanol–water partition coefficient (Wildman–Crippen LogP) is 4.01. The highest BCUT2D eigenvalue weighted by atomic mass is 19.3. The fourth-order valence-corrected chi connectivity index (χ4v) is 5.30. The van der Waals surface area contributed by atoms with Crippen LogP contribution in [0.3, 0.4) is 0 Å². The first-order valence-corrected chi connectivity index (χ1v) is 13.8. The molecule has 12 nitrogen and oxygen atoms in total. The average molecular weight is 588 g/mol. The van der Waals surface area contributed by atoms with Gasteiger partial charge >= 0.3 is 6.09 Å². The van der Waals surface area contributed by atoms with E-state index in [0.717, 1.165) is 0 Å². The second-order valence-corrected chi connectivity index (χ2v) is 12.4. The summed E-state index contributed by atoms with van der Waals surface area (Å²) in [6.45, 7) is 6.90. The maximum Gasteiger partial charge on any atom is 0.415 e. The first-order chi connectivity index (χ1) is 19.5. The number of rotatable bonds is 6. The number of carbonyl (C=O) groups is 2. The predicted molar refractivity (Wildman–Crippen MR) is 151 cm³/mol. The third-order valence-electron chi connectivity index (χ3n) is 7.46. The normalized spacial score (nSPS) is 22.0. The second kappa shape index (κ2) is 10.3. The number of aliphatic hydroxyl groups is 1. The molecule has 2 amide bonds. The fraction of sp³-hybridized carbons (Fsp3) is 0.536. The third kappa shape index (κ3) is 6.08. The summed E-state index contributed by atoms with van der Waals surface area (Å²) in [5, 5.41) is 20.5. The molecule has 5 rings (SSSR count). The zero-order valence-corrected chi connectivity index (χ0v) is 24.1. The zero-order valence-electron chi connectivity index (χ0n) is 24.1. The quantitative estimate of drug-likeness (QED) is 0.393. The van der Waals surface area contributed by atoms with E-state index in [-0.39, 0.29) is 34.6 Å². The van der Waals surface area contributed by atoms with Crippen molar-refractivity contribution < 1.29 is 28.2 Å². The Labute approximate surface area is 240 Å². The lowest BCUT2D eigenvalue weighted by molar-refractivity contribution is -0.104. The molecule has 2 saturated carbocycles. The van der Waals surface area contributed by atoms with Crippen molar-refractivity contribution in [1.82, 2.24) is 24.5 Å². The number of fused-ring (bicyclic) bond motifs is 1. The first-order valence-electron chi connectivity index (χ1n) is 13.8. The molecule has 2 fully saturated rings. The Morgan fingerprint density at radius 2 is 1.95 bits per heavy atom. The van der Waals surface area contributed by atoms with Crippen LogP contribution < -0.4 is 21.1 Å². The van der Waals surface area contributed by atoms with Crippen LogP contribution in [0.25, 0.3) is 5.65 Å². The zero-order chi connectivity index (χ0) is 30.6. The molecule has 2 atom stereocenters. The minimum Gasteiger partial charge on any atom is -0.443 e. The number of aromatic nitrogens is 4. The monoisotopic (exact) mass is 587 g/mol. The average Bonchev–Trinajstić information content (AvgIpc) is 3.44. The SMILES string of the molecule is CN(C(=O)OC(C)(C)C)c1cc(Nc2cccn(C3CC(F)(F)C3)c2=O)nc2c(C(=O)NC3CC[C@@](C)(O)C3)cnn12. The number of hydrogen-bond donors (Lipinski definition) is 3. The highest BCUT2D eigenvalue weighted by molar-refractivity contribution is 6.00. The fourth-order valence-electron chi connectivity index (χ4n) is 5.30. The standard InChI is InChI=1S/C28H35F2N7O5/c1-26(2,3)42-25(40)35(5)21-11-20(33-19-7-6-10-36(24(19)39)17-13-28(29,30)14-17)34-22-18(15-31-37(21)22)23(38)32-16-8-9-27(4,41)12-16/h6-7,10-11,15-17,41H,8-9,12-14H2,1-5H3,(H,32,38)(H,33,34)/t16?,27-/m1/s1. The number of carbonyl (C=O) groups excluding carboxylic acids is 2. The van der Waals surface area contributed by atoms with E-state index < -0.39 is 53.6 Å². The smallest absolute Gasteiger partial charge is 0.415 e. The van der Waals surface area contributed by atoms with Crippen LogP contribution in [-0.2, 0) is 4.74 Å². The molecule has 0 bridgehead atoms. The van der Waals surface area contributed by atoms with E-state index >= 15 is 0 Å². The molecular weight excluding hydrogens is 552 g/mol. The largest absolute Gasteiger partial charge is 0.443 e. The Balaban J connectivity index is 1.52. The highest BCUT2D eigenvalue weighted by Gasteiger charge is 2.46. The molecule has 3 aromatic heterocycles. The van der Waals surface area contributed by atoms with Gasteiger partial charge in [-0.1, -0.05) is 0 Å². The molecule has 0 aromatic carbocycles. The van der Waals surface area contributed by atoms with Crippen molar-refractivity contribution in [3.05, 3.63) is 46.5 Å². The molecule has 0 spiro atoms. The van der Waals surface area contributed by atoms with Crippen molar-refractivity contribution in [1.29, 1.82) is 0 Å². The lowest BCUT2D eigenvalue weighted by Crippen LogP contribution is -2.41. The van der Waals surface area contributed by atoms with Gasteiger partial charge in [0.15, 0.2) is 5.65 Å². The summed E-state index contributed by atoms with van der Waals surface area (Å²) in [6.07, 6.45) is 2.82. The summed E-state index contributed by atoms with van der Waals surface area (Å²) in [5.41, 5.74) is -1.87. The van der Waals surface area contributed by atoms with Gasteiger partial charge in [0.05, 0.1) is 11.8 Å². The molecule has 3 N–H and O–H groups in total. The van der Waals surface area contributed by atoms with Crippen molar-refractivity contribution in [2.24, 2.45) is 0 Å². The van der Waals surface area contributed by atoms with Crippen molar-refractivity contribution in [2.45, 2.75) is 89.0 Å². The molecular formula is C28H35F2N7O5. The minimum atomic E-state index is -2.80. The van der Waals surface area contributed by atoms with Crippen molar-refractivity contribution in [3.8, 4) is 0 Å². The Morgan fingerprint density at radius 3 is 2.57 bits per heavy atom. The van der Waals surface area contributed by atoms with Gasteiger partial charge in [0, 0.05) is 44.2 Å². The van der Waals surface area contributed by atoms with Crippen LogP contribution in [-0.4, -0.2) is 66.5 Å². The third-order valence-corrected chi connectivity index (χ3v) is 7.46. The summed E-state index contributed by atoms with van der Waals surface area (Å²) in [6, 6.07) is 3.66. The number of ether oxygens (including phenoxy) is 1. The van der Waals surface area contributed by atoms with E-state index in [0.29, 0.717) is 19.3 Å². The highest BCUT2D eigenvalue weighted by Crippen LogP contribution is 2.44. The van der Waals surface area contributed by atoms with Gasteiger partial charge in [0.2, 0.25) is 0 Å². The topological polar surface area (TPSA) is 143 Å². The van der Waals surface area contributed by atoms with Crippen molar-refractivity contribution >= 4 is 35.0 Å². The summed E-state index contributed by atoms with van der Waals surface area (Å²) in [4.78, 5) is 45.2.